The van der Waals surface area contributed by atoms with E-state index < -0.39 is 11.9 Å². The Morgan fingerprint density at radius 3 is 2.54 bits per heavy atom. The second-order valence-electron chi connectivity index (χ2n) is 9.27. The summed E-state index contributed by atoms with van der Waals surface area (Å²) in [5, 5.41) is 5.13. The fourth-order valence-electron chi connectivity index (χ4n) is 5.14. The van der Waals surface area contributed by atoms with E-state index in [4.69, 9.17) is 0 Å². The molecule has 0 aromatic heterocycles. The number of nitrogens with zero attached hydrogens (tertiary/aromatic N) is 2. The normalized spacial score (nSPS) is 21.3. The highest BCUT2D eigenvalue weighted by Crippen LogP contribution is 2.30. The van der Waals surface area contributed by atoms with E-state index in [1.165, 1.54) is 11.8 Å². The molecule has 2 aromatic rings. The maximum atomic E-state index is 13.6. The van der Waals surface area contributed by atoms with Gasteiger partial charge in [-0.05, 0) is 47.7 Å². The van der Waals surface area contributed by atoms with Gasteiger partial charge in [0.2, 0.25) is 17.7 Å². The molecule has 1 unspecified atom stereocenters. The van der Waals surface area contributed by atoms with Gasteiger partial charge in [0.05, 0.1) is 6.04 Å². The lowest BCUT2D eigenvalue weighted by atomic mass is 9.93. The van der Waals surface area contributed by atoms with Crippen molar-refractivity contribution in [3.05, 3.63) is 70.3 Å². The smallest absolute Gasteiger partial charge is 0.255 e. The van der Waals surface area contributed by atoms with Gasteiger partial charge in [-0.15, -0.1) is 0 Å². The molecule has 0 bridgehead atoms. The number of piperidine rings is 1. The van der Waals surface area contributed by atoms with Crippen LogP contribution in [0.4, 0.5) is 0 Å². The topological polar surface area (TPSA) is 116 Å². The number of fused-ring (bicyclic) bond motifs is 2. The fourth-order valence-corrected chi connectivity index (χ4v) is 5.14. The molecular weight excluding hydrogens is 448 g/mol. The van der Waals surface area contributed by atoms with Crippen LogP contribution in [0, 0.1) is 0 Å². The standard InChI is InChI=1S/C26H26N4O5/c1-15(31)27-12-20-11-16-4-2-3-5-18(16)13-29(20)25(34)17-6-7-21-19(10-17)14-30(26(21)35)22-8-9-23(32)28-24(22)33/h2-7,10,20,22H,8-9,11-14H2,1H3,(H,27,31)(H,28,32,33)/t20-,22?/m1/s1. The molecule has 0 spiro atoms. The number of rotatable bonds is 4. The Morgan fingerprint density at radius 2 is 1.80 bits per heavy atom. The van der Waals surface area contributed by atoms with Gasteiger partial charge in [-0.1, -0.05) is 24.3 Å². The van der Waals surface area contributed by atoms with E-state index in [-0.39, 0.29) is 49.1 Å². The second kappa shape index (κ2) is 8.98. The van der Waals surface area contributed by atoms with E-state index in [0.717, 1.165) is 11.1 Å². The van der Waals surface area contributed by atoms with Crippen molar-refractivity contribution in [2.75, 3.05) is 6.54 Å². The summed E-state index contributed by atoms with van der Waals surface area (Å²) < 4.78 is 0. The van der Waals surface area contributed by atoms with E-state index in [9.17, 15) is 24.0 Å². The van der Waals surface area contributed by atoms with Crippen LogP contribution in [0.1, 0.15) is 57.2 Å². The molecular formula is C26H26N4O5. The maximum Gasteiger partial charge on any atom is 0.255 e. The molecule has 180 valence electrons. The zero-order valence-corrected chi connectivity index (χ0v) is 19.4. The Labute approximate surface area is 202 Å². The van der Waals surface area contributed by atoms with Crippen molar-refractivity contribution in [3.8, 4) is 0 Å². The van der Waals surface area contributed by atoms with Gasteiger partial charge in [-0.25, -0.2) is 0 Å². The van der Waals surface area contributed by atoms with E-state index in [2.05, 4.69) is 10.6 Å². The van der Waals surface area contributed by atoms with Crippen molar-refractivity contribution < 1.29 is 24.0 Å². The molecule has 2 aromatic carbocycles. The van der Waals surface area contributed by atoms with Crippen LogP contribution in [0.3, 0.4) is 0 Å². The average molecular weight is 475 g/mol. The third kappa shape index (κ3) is 4.29. The Kier molecular flexibility index (Phi) is 5.84. The van der Waals surface area contributed by atoms with Gasteiger partial charge in [-0.3, -0.25) is 29.3 Å². The predicted octanol–water partition coefficient (Wildman–Crippen LogP) is 1.15. The molecule has 0 aliphatic carbocycles. The number of hydrogen-bond acceptors (Lipinski definition) is 5. The van der Waals surface area contributed by atoms with E-state index >= 15 is 0 Å². The molecule has 5 rings (SSSR count). The number of nitrogens with one attached hydrogen (secondary N) is 2. The fraction of sp³-hybridized carbons (Fsp3) is 0.346. The van der Waals surface area contributed by atoms with E-state index in [1.807, 2.05) is 24.3 Å². The van der Waals surface area contributed by atoms with Gasteiger partial charge in [0.15, 0.2) is 0 Å². The molecule has 1 fully saturated rings. The minimum absolute atomic E-state index is 0.152. The first kappa shape index (κ1) is 22.8. The summed E-state index contributed by atoms with van der Waals surface area (Å²) in [6.07, 6.45) is 1.11. The highest BCUT2D eigenvalue weighted by Gasteiger charge is 2.39. The number of benzene rings is 2. The number of imide groups is 1. The minimum Gasteiger partial charge on any atom is -0.354 e. The van der Waals surface area contributed by atoms with Crippen LogP contribution in [0.15, 0.2) is 42.5 Å². The van der Waals surface area contributed by atoms with Crippen LogP contribution in [-0.4, -0.2) is 58.0 Å². The average Bonchev–Trinajstić information content (AvgIpc) is 3.17. The molecule has 2 N–H and O–H groups in total. The van der Waals surface area contributed by atoms with Crippen LogP contribution in [0.5, 0.6) is 0 Å². The zero-order chi connectivity index (χ0) is 24.7. The van der Waals surface area contributed by atoms with Gasteiger partial charge < -0.3 is 15.1 Å². The zero-order valence-electron chi connectivity index (χ0n) is 19.4. The lowest BCUT2D eigenvalue weighted by Crippen LogP contribution is -2.52. The summed E-state index contributed by atoms with van der Waals surface area (Å²) >= 11 is 0. The SMILES string of the molecule is CC(=O)NC[C@H]1Cc2ccccc2CN1C(=O)c1ccc2c(c1)CN(C1CCC(=O)NC1=O)C2=O. The molecule has 2 atom stereocenters. The van der Waals surface area contributed by atoms with Crippen molar-refractivity contribution in [1.29, 1.82) is 0 Å². The van der Waals surface area contributed by atoms with Gasteiger partial charge in [0, 0.05) is 44.1 Å². The van der Waals surface area contributed by atoms with Crippen molar-refractivity contribution in [2.24, 2.45) is 0 Å². The Balaban J connectivity index is 1.39. The Bertz CT molecular complexity index is 1260. The largest absolute Gasteiger partial charge is 0.354 e. The van der Waals surface area contributed by atoms with Crippen LogP contribution >= 0.6 is 0 Å². The molecule has 9 heteroatoms. The summed E-state index contributed by atoms with van der Waals surface area (Å²) in [6, 6.07) is 12.1. The van der Waals surface area contributed by atoms with Crippen molar-refractivity contribution in [3.63, 3.8) is 0 Å². The molecule has 1 saturated heterocycles. The quantitative estimate of drug-likeness (QED) is 0.645. The highest BCUT2D eigenvalue weighted by atomic mass is 16.2. The van der Waals surface area contributed by atoms with Crippen molar-refractivity contribution >= 4 is 29.5 Å². The van der Waals surface area contributed by atoms with E-state index in [0.29, 0.717) is 36.2 Å². The number of carbonyl (C=O) groups is 5. The first-order chi connectivity index (χ1) is 16.8. The van der Waals surface area contributed by atoms with E-state index in [1.54, 1.807) is 23.1 Å². The molecule has 3 heterocycles. The lowest BCUT2D eigenvalue weighted by molar-refractivity contribution is -0.137. The monoisotopic (exact) mass is 474 g/mol. The summed E-state index contributed by atoms with van der Waals surface area (Å²) in [7, 11) is 0. The number of amides is 5. The van der Waals surface area contributed by atoms with Gasteiger partial charge in [0.1, 0.15) is 6.04 Å². The van der Waals surface area contributed by atoms with Crippen LogP contribution in [0.25, 0.3) is 0 Å². The summed E-state index contributed by atoms with van der Waals surface area (Å²) in [4.78, 5) is 65.2. The number of carbonyl (C=O) groups excluding carboxylic acids is 5. The molecule has 0 saturated carbocycles. The Hall–Kier alpha value is -4.01. The van der Waals surface area contributed by atoms with Crippen LogP contribution in [0.2, 0.25) is 0 Å². The molecule has 5 amide bonds. The third-order valence-electron chi connectivity index (χ3n) is 6.97. The molecule has 0 radical (unpaired) electrons. The van der Waals surface area contributed by atoms with Crippen LogP contribution in [-0.2, 0) is 33.9 Å². The molecule has 35 heavy (non-hydrogen) atoms. The molecule has 9 nitrogen and oxygen atoms in total. The van der Waals surface area contributed by atoms with Crippen molar-refractivity contribution in [1.82, 2.24) is 20.4 Å². The van der Waals surface area contributed by atoms with Gasteiger partial charge in [0.25, 0.3) is 11.8 Å². The maximum absolute atomic E-state index is 13.6. The summed E-state index contributed by atoms with van der Waals surface area (Å²) in [5.74, 6) is -1.40. The van der Waals surface area contributed by atoms with Crippen LogP contribution < -0.4 is 10.6 Å². The first-order valence-electron chi connectivity index (χ1n) is 11.7. The Morgan fingerprint density at radius 1 is 1.03 bits per heavy atom. The lowest BCUT2D eigenvalue weighted by Gasteiger charge is -2.37. The minimum atomic E-state index is -0.701. The summed E-state index contributed by atoms with van der Waals surface area (Å²) in [6.45, 7) is 2.44. The number of hydrogen-bond donors (Lipinski definition) is 2. The highest BCUT2D eigenvalue weighted by molar-refractivity contribution is 6.06. The predicted molar refractivity (Wildman–Crippen MR) is 125 cm³/mol. The van der Waals surface area contributed by atoms with Gasteiger partial charge >= 0.3 is 0 Å². The third-order valence-corrected chi connectivity index (χ3v) is 6.97. The second-order valence-corrected chi connectivity index (χ2v) is 9.27. The van der Waals surface area contributed by atoms with Crippen molar-refractivity contribution in [2.45, 2.75) is 51.4 Å². The first-order valence-corrected chi connectivity index (χ1v) is 11.7. The molecule has 3 aliphatic rings. The molecule has 3 aliphatic heterocycles. The summed E-state index contributed by atoms with van der Waals surface area (Å²) in [5.41, 5.74) is 3.83. The van der Waals surface area contributed by atoms with Gasteiger partial charge in [-0.2, -0.15) is 0 Å².